The fourth-order valence-electron chi connectivity index (χ4n) is 2.36. The number of fused-ring (bicyclic) bond motifs is 1. The van der Waals surface area contributed by atoms with Crippen molar-refractivity contribution in [3.05, 3.63) is 54.1 Å². The molecule has 0 fully saturated rings. The second kappa shape index (κ2) is 8.64. The first-order chi connectivity index (χ1) is 13.0. The Hall–Kier alpha value is -2.93. The average Bonchev–Trinajstić information content (AvgIpc) is 3.14. The second-order valence-corrected chi connectivity index (χ2v) is 6.62. The topological polar surface area (TPSA) is 73.9 Å². The lowest BCUT2D eigenvalue weighted by Crippen LogP contribution is -2.29. The highest BCUT2D eigenvalue weighted by Crippen LogP contribution is 2.34. The van der Waals surface area contributed by atoms with Gasteiger partial charge in [-0.3, -0.25) is 4.79 Å². The zero-order chi connectivity index (χ0) is 19.2. The standard InChI is InChI=1S/C20H19NO5S/c1-13(20(23)21-15-6-9-17-18(11-15)25-12-24-17)26-19(22)10-5-14-3-7-16(27-2)8-4-14/h3-11,13H,12H2,1-2H3,(H,21,23)/b10-5+/t13-/m0/s1. The van der Waals surface area contributed by atoms with E-state index in [9.17, 15) is 9.59 Å². The molecule has 0 spiro atoms. The monoisotopic (exact) mass is 385 g/mol. The maximum Gasteiger partial charge on any atom is 0.331 e. The van der Waals surface area contributed by atoms with Gasteiger partial charge in [-0.2, -0.15) is 0 Å². The molecule has 0 saturated heterocycles. The number of carbonyl (C=O) groups is 2. The van der Waals surface area contributed by atoms with Crippen LogP contribution in [0.3, 0.4) is 0 Å². The minimum absolute atomic E-state index is 0.160. The Labute approximate surface area is 161 Å². The first kappa shape index (κ1) is 18.8. The van der Waals surface area contributed by atoms with Crippen LogP contribution in [0, 0.1) is 0 Å². The van der Waals surface area contributed by atoms with Gasteiger partial charge in [0.1, 0.15) is 0 Å². The van der Waals surface area contributed by atoms with E-state index < -0.39 is 18.0 Å². The third-order valence-corrected chi connectivity index (χ3v) is 4.57. The first-order valence-electron chi connectivity index (χ1n) is 8.28. The van der Waals surface area contributed by atoms with Crippen LogP contribution in [-0.4, -0.2) is 31.0 Å². The van der Waals surface area contributed by atoms with Crippen LogP contribution in [0.2, 0.25) is 0 Å². The van der Waals surface area contributed by atoms with Crippen LogP contribution in [0.5, 0.6) is 11.5 Å². The number of hydrogen-bond acceptors (Lipinski definition) is 6. The molecule has 0 bridgehead atoms. The molecule has 7 heteroatoms. The summed E-state index contributed by atoms with van der Waals surface area (Å²) in [5.74, 6) is 0.174. The van der Waals surface area contributed by atoms with Crippen molar-refractivity contribution in [2.75, 3.05) is 18.4 Å². The van der Waals surface area contributed by atoms with Crippen LogP contribution < -0.4 is 14.8 Å². The Morgan fingerprint density at radius 2 is 1.89 bits per heavy atom. The fourth-order valence-corrected chi connectivity index (χ4v) is 2.77. The number of rotatable bonds is 6. The molecule has 1 N–H and O–H groups in total. The summed E-state index contributed by atoms with van der Waals surface area (Å²) >= 11 is 1.65. The van der Waals surface area contributed by atoms with Crippen molar-refractivity contribution in [3.8, 4) is 11.5 Å². The predicted octanol–water partition coefficient (Wildman–Crippen LogP) is 3.72. The van der Waals surface area contributed by atoms with Gasteiger partial charge in [-0.1, -0.05) is 12.1 Å². The van der Waals surface area contributed by atoms with Gasteiger partial charge in [-0.05, 0) is 49.1 Å². The van der Waals surface area contributed by atoms with Gasteiger partial charge < -0.3 is 19.5 Å². The summed E-state index contributed by atoms with van der Waals surface area (Å²) < 4.78 is 15.6. The van der Waals surface area contributed by atoms with Crippen molar-refractivity contribution in [1.29, 1.82) is 0 Å². The van der Waals surface area contributed by atoms with Crippen LogP contribution >= 0.6 is 11.8 Å². The molecule has 27 heavy (non-hydrogen) atoms. The third-order valence-electron chi connectivity index (χ3n) is 3.83. The van der Waals surface area contributed by atoms with Crippen molar-refractivity contribution < 1.29 is 23.8 Å². The Bertz CT molecular complexity index is 863. The van der Waals surface area contributed by atoms with Crippen molar-refractivity contribution in [2.24, 2.45) is 0 Å². The number of nitrogens with one attached hydrogen (secondary N) is 1. The molecule has 2 aromatic carbocycles. The van der Waals surface area contributed by atoms with E-state index in [1.807, 2.05) is 30.5 Å². The summed E-state index contributed by atoms with van der Waals surface area (Å²) in [6.07, 6.45) is 4.01. The third kappa shape index (κ3) is 5.04. The lowest BCUT2D eigenvalue weighted by atomic mass is 10.2. The summed E-state index contributed by atoms with van der Waals surface area (Å²) in [4.78, 5) is 25.3. The highest BCUT2D eigenvalue weighted by atomic mass is 32.2. The molecule has 0 radical (unpaired) electrons. The minimum atomic E-state index is -0.938. The van der Waals surface area contributed by atoms with E-state index >= 15 is 0 Å². The van der Waals surface area contributed by atoms with Crippen LogP contribution in [-0.2, 0) is 14.3 Å². The molecule has 0 saturated carbocycles. The predicted molar refractivity (Wildman–Crippen MR) is 104 cm³/mol. The van der Waals surface area contributed by atoms with Gasteiger partial charge in [-0.25, -0.2) is 4.79 Å². The molecule has 3 rings (SSSR count). The maximum atomic E-state index is 12.2. The van der Waals surface area contributed by atoms with Crippen molar-refractivity contribution in [1.82, 2.24) is 0 Å². The van der Waals surface area contributed by atoms with E-state index in [2.05, 4.69) is 5.32 Å². The van der Waals surface area contributed by atoms with Gasteiger partial charge in [-0.15, -0.1) is 11.8 Å². The van der Waals surface area contributed by atoms with Gasteiger partial charge in [0, 0.05) is 22.7 Å². The summed E-state index contributed by atoms with van der Waals surface area (Å²) in [5, 5.41) is 2.69. The van der Waals surface area contributed by atoms with E-state index in [1.165, 1.54) is 13.0 Å². The first-order valence-corrected chi connectivity index (χ1v) is 9.51. The number of anilines is 1. The molecule has 1 aliphatic heterocycles. The van der Waals surface area contributed by atoms with Gasteiger partial charge in [0.05, 0.1) is 0 Å². The van der Waals surface area contributed by atoms with Crippen molar-refractivity contribution in [2.45, 2.75) is 17.9 Å². The van der Waals surface area contributed by atoms with E-state index in [-0.39, 0.29) is 6.79 Å². The van der Waals surface area contributed by atoms with Gasteiger partial charge in [0.2, 0.25) is 6.79 Å². The molecular weight excluding hydrogens is 366 g/mol. The molecule has 1 aliphatic rings. The average molecular weight is 385 g/mol. The molecule has 140 valence electrons. The SMILES string of the molecule is CSc1ccc(/C=C/C(=O)O[C@@H](C)C(=O)Nc2ccc3c(c2)OCO3)cc1. The molecule has 0 aliphatic carbocycles. The summed E-state index contributed by atoms with van der Waals surface area (Å²) in [6, 6.07) is 12.8. The summed E-state index contributed by atoms with van der Waals surface area (Å²) in [6.45, 7) is 1.68. The molecule has 0 unspecified atom stereocenters. The van der Waals surface area contributed by atoms with Gasteiger partial charge in [0.15, 0.2) is 17.6 Å². The Morgan fingerprint density at radius 1 is 1.15 bits per heavy atom. The zero-order valence-electron chi connectivity index (χ0n) is 14.9. The Kier molecular flexibility index (Phi) is 6.03. The number of amides is 1. The van der Waals surface area contributed by atoms with Crippen LogP contribution in [0.4, 0.5) is 5.69 Å². The van der Waals surface area contributed by atoms with Crippen LogP contribution in [0.25, 0.3) is 6.08 Å². The Balaban J connectivity index is 1.52. The number of benzene rings is 2. The molecule has 2 aromatic rings. The molecule has 1 heterocycles. The number of ether oxygens (including phenoxy) is 3. The summed E-state index contributed by atoms with van der Waals surface area (Å²) in [7, 11) is 0. The highest BCUT2D eigenvalue weighted by Gasteiger charge is 2.19. The smallest absolute Gasteiger partial charge is 0.331 e. The maximum absolute atomic E-state index is 12.2. The van der Waals surface area contributed by atoms with Gasteiger partial charge >= 0.3 is 5.97 Å². The molecule has 1 amide bonds. The van der Waals surface area contributed by atoms with E-state index in [0.29, 0.717) is 17.2 Å². The minimum Gasteiger partial charge on any atom is -0.454 e. The number of thioether (sulfide) groups is 1. The number of hydrogen-bond donors (Lipinski definition) is 1. The quantitative estimate of drug-likeness (QED) is 0.464. The summed E-state index contributed by atoms with van der Waals surface area (Å²) in [5.41, 5.74) is 1.42. The molecule has 1 atom stereocenters. The van der Waals surface area contributed by atoms with Gasteiger partial charge in [0.25, 0.3) is 5.91 Å². The fraction of sp³-hybridized carbons (Fsp3) is 0.200. The second-order valence-electron chi connectivity index (χ2n) is 5.74. The molecular formula is C20H19NO5S. The van der Waals surface area contributed by atoms with E-state index in [4.69, 9.17) is 14.2 Å². The van der Waals surface area contributed by atoms with Crippen molar-refractivity contribution >= 4 is 35.4 Å². The Morgan fingerprint density at radius 3 is 2.63 bits per heavy atom. The van der Waals surface area contributed by atoms with E-state index in [0.717, 1.165) is 10.5 Å². The lowest BCUT2D eigenvalue weighted by molar-refractivity contribution is -0.148. The highest BCUT2D eigenvalue weighted by molar-refractivity contribution is 7.98. The zero-order valence-corrected chi connectivity index (χ0v) is 15.7. The van der Waals surface area contributed by atoms with E-state index in [1.54, 1.807) is 36.0 Å². The molecule has 0 aromatic heterocycles. The normalized spacial score (nSPS) is 13.4. The largest absolute Gasteiger partial charge is 0.454 e. The lowest BCUT2D eigenvalue weighted by Gasteiger charge is -2.12. The van der Waals surface area contributed by atoms with Crippen LogP contribution in [0.15, 0.2) is 53.4 Å². The van der Waals surface area contributed by atoms with Crippen LogP contribution in [0.1, 0.15) is 12.5 Å². The number of esters is 1. The molecule has 6 nitrogen and oxygen atoms in total. The van der Waals surface area contributed by atoms with Crippen molar-refractivity contribution in [3.63, 3.8) is 0 Å². The number of carbonyl (C=O) groups excluding carboxylic acids is 2.